The molecule has 2 aliphatic rings. The lowest BCUT2D eigenvalue weighted by atomic mass is 9.79. The van der Waals surface area contributed by atoms with Crippen molar-refractivity contribution in [1.82, 2.24) is 20.4 Å². The highest BCUT2D eigenvalue weighted by molar-refractivity contribution is 6.27. The van der Waals surface area contributed by atoms with Crippen molar-refractivity contribution >= 4 is 57.0 Å². The van der Waals surface area contributed by atoms with Crippen molar-refractivity contribution in [2.75, 3.05) is 26.2 Å². The van der Waals surface area contributed by atoms with Gasteiger partial charge < -0.3 is 10.6 Å². The standard InChI is InChI=1S/C53H68N4O6/c1-50(2,3)34-22-32-23-35(51(4,5)6)27-39-44(32)38(26-34)46(60)56(47(39)61)30-42(58)54-20-18-16-14-13-15-17-19-21-55-43(59)31-57-48(62)40-28-36(52(7,8)9)24-33-25-37(53(10,11)12)29-41(45(33)40)49(57)63/h22-29H,13-21,30-31H2,1-12H3,(H,54,58)(H,55,59). The van der Waals surface area contributed by atoms with Crippen LogP contribution in [0.3, 0.4) is 0 Å². The molecule has 6 rings (SSSR count). The highest BCUT2D eigenvalue weighted by Gasteiger charge is 2.38. The van der Waals surface area contributed by atoms with Gasteiger partial charge in [-0.1, -0.05) is 139 Å². The molecule has 4 aromatic carbocycles. The Hall–Kier alpha value is -5.38. The van der Waals surface area contributed by atoms with Gasteiger partial charge in [-0.2, -0.15) is 0 Å². The summed E-state index contributed by atoms with van der Waals surface area (Å²) in [7, 11) is 0. The van der Waals surface area contributed by atoms with Crippen LogP contribution in [0, 0.1) is 0 Å². The Bertz CT molecular complexity index is 2200. The van der Waals surface area contributed by atoms with Crippen molar-refractivity contribution in [3.63, 3.8) is 0 Å². The van der Waals surface area contributed by atoms with Crippen LogP contribution in [0.1, 0.15) is 192 Å². The predicted molar refractivity (Wildman–Crippen MR) is 252 cm³/mol. The van der Waals surface area contributed by atoms with Gasteiger partial charge in [-0.25, -0.2) is 0 Å². The van der Waals surface area contributed by atoms with Crippen molar-refractivity contribution < 1.29 is 28.8 Å². The number of hydrogen-bond donors (Lipinski definition) is 2. The summed E-state index contributed by atoms with van der Waals surface area (Å²) in [6, 6.07) is 15.8. The molecule has 0 unspecified atom stereocenters. The second-order valence-electron chi connectivity index (χ2n) is 21.9. The molecule has 0 radical (unpaired) electrons. The second-order valence-corrected chi connectivity index (χ2v) is 21.9. The largest absolute Gasteiger partial charge is 0.355 e. The summed E-state index contributed by atoms with van der Waals surface area (Å²) in [4.78, 5) is 83.6. The lowest BCUT2D eigenvalue weighted by Crippen LogP contribution is -2.46. The molecule has 10 heteroatoms. The second kappa shape index (κ2) is 17.6. The number of amides is 6. The van der Waals surface area contributed by atoms with E-state index in [1.54, 1.807) is 0 Å². The smallest absolute Gasteiger partial charge is 0.261 e. The van der Waals surface area contributed by atoms with Crippen molar-refractivity contribution in [3.8, 4) is 0 Å². The van der Waals surface area contributed by atoms with Crippen molar-refractivity contribution in [1.29, 1.82) is 0 Å². The Labute approximate surface area is 373 Å². The molecule has 0 fully saturated rings. The van der Waals surface area contributed by atoms with Gasteiger partial charge in [-0.15, -0.1) is 0 Å². The number of imide groups is 2. The van der Waals surface area contributed by atoms with Gasteiger partial charge in [0.25, 0.3) is 23.6 Å². The molecule has 10 nitrogen and oxygen atoms in total. The topological polar surface area (TPSA) is 133 Å². The maximum absolute atomic E-state index is 13.8. The molecule has 63 heavy (non-hydrogen) atoms. The summed E-state index contributed by atoms with van der Waals surface area (Å²) in [6.07, 6.45) is 6.37. The molecule has 0 saturated carbocycles. The van der Waals surface area contributed by atoms with E-state index in [1.807, 2.05) is 24.3 Å². The third-order valence-corrected chi connectivity index (χ3v) is 12.6. The van der Waals surface area contributed by atoms with Crippen molar-refractivity contribution in [2.45, 2.75) is 150 Å². The van der Waals surface area contributed by atoms with Gasteiger partial charge in [-0.05, 0) is 91.8 Å². The molecular formula is C53H68N4O6. The van der Waals surface area contributed by atoms with Crippen LogP contribution in [0.15, 0.2) is 48.5 Å². The molecule has 2 aliphatic heterocycles. The van der Waals surface area contributed by atoms with E-state index in [0.717, 1.165) is 87.8 Å². The summed E-state index contributed by atoms with van der Waals surface area (Å²) in [5, 5.41) is 8.87. The van der Waals surface area contributed by atoms with Crippen LogP contribution >= 0.6 is 0 Å². The lowest BCUT2D eigenvalue weighted by Gasteiger charge is -2.31. The predicted octanol–water partition coefficient (Wildman–Crippen LogP) is 10.0. The fourth-order valence-electron chi connectivity index (χ4n) is 8.48. The fourth-order valence-corrected chi connectivity index (χ4v) is 8.48. The van der Waals surface area contributed by atoms with Gasteiger partial charge in [0.05, 0.1) is 0 Å². The van der Waals surface area contributed by atoms with E-state index in [2.05, 4.69) is 118 Å². The Morgan fingerprint density at radius 1 is 0.397 bits per heavy atom. The number of unbranched alkanes of at least 4 members (excludes halogenated alkanes) is 6. The van der Waals surface area contributed by atoms with Crippen LogP contribution in [0.5, 0.6) is 0 Å². The van der Waals surface area contributed by atoms with E-state index in [4.69, 9.17) is 0 Å². The minimum Gasteiger partial charge on any atom is -0.355 e. The lowest BCUT2D eigenvalue weighted by molar-refractivity contribution is -0.122. The van der Waals surface area contributed by atoms with Crippen molar-refractivity contribution in [2.24, 2.45) is 0 Å². The van der Waals surface area contributed by atoms with E-state index in [0.29, 0.717) is 46.1 Å². The molecule has 0 atom stereocenters. The Balaban J connectivity index is 0.922. The molecule has 336 valence electrons. The van der Waals surface area contributed by atoms with Crippen LogP contribution in [-0.4, -0.2) is 71.4 Å². The van der Waals surface area contributed by atoms with E-state index in [-0.39, 0.29) is 46.6 Å². The number of hydrogen-bond acceptors (Lipinski definition) is 6. The number of carbonyl (C=O) groups excluding carboxylic acids is 6. The van der Waals surface area contributed by atoms with E-state index in [9.17, 15) is 28.8 Å². The van der Waals surface area contributed by atoms with Gasteiger partial charge in [-0.3, -0.25) is 38.6 Å². The Morgan fingerprint density at radius 3 is 0.873 bits per heavy atom. The third kappa shape index (κ3) is 10.2. The average Bonchev–Trinajstić information content (AvgIpc) is 3.18. The molecule has 6 amide bonds. The van der Waals surface area contributed by atoms with Crippen LogP contribution in [-0.2, 0) is 31.2 Å². The molecule has 0 aliphatic carbocycles. The monoisotopic (exact) mass is 857 g/mol. The molecule has 0 spiro atoms. The molecule has 0 bridgehead atoms. The number of carbonyl (C=O) groups is 6. The van der Waals surface area contributed by atoms with Gasteiger partial charge in [0.1, 0.15) is 13.1 Å². The van der Waals surface area contributed by atoms with Crippen LogP contribution in [0.2, 0.25) is 0 Å². The number of nitrogens with one attached hydrogen (secondary N) is 2. The summed E-state index contributed by atoms with van der Waals surface area (Å²) < 4.78 is 0. The highest BCUT2D eigenvalue weighted by Crippen LogP contribution is 2.40. The first-order valence-corrected chi connectivity index (χ1v) is 22.8. The van der Waals surface area contributed by atoms with Crippen LogP contribution < -0.4 is 10.6 Å². The average molecular weight is 857 g/mol. The SMILES string of the molecule is CC(C)(C)c1cc2c3c(cc(C(C)(C)C)cc3c1)C(=O)N(CC(=O)NCCCCCCCCCNC(=O)CN1C(=O)c3cc(C(C)(C)C)cc4cc(C(C)(C)C)cc(c34)C1=O)C2=O. The van der Waals surface area contributed by atoms with Gasteiger partial charge in [0.15, 0.2) is 0 Å². The number of benzene rings is 4. The number of rotatable bonds is 14. The normalized spacial score (nSPS) is 14.6. The summed E-state index contributed by atoms with van der Waals surface area (Å²) in [5.74, 6) is -2.49. The zero-order valence-electron chi connectivity index (χ0n) is 39.7. The van der Waals surface area contributed by atoms with Gasteiger partial charge in [0, 0.05) is 46.1 Å². The quantitative estimate of drug-likeness (QED) is 0.0959. The minimum absolute atomic E-state index is 0.217. The summed E-state index contributed by atoms with van der Waals surface area (Å²) in [6.45, 7) is 25.4. The fraction of sp³-hybridized carbons (Fsp3) is 0.509. The minimum atomic E-state index is -0.442. The van der Waals surface area contributed by atoms with Gasteiger partial charge in [0.2, 0.25) is 11.8 Å². The maximum atomic E-state index is 13.8. The zero-order chi connectivity index (χ0) is 46.4. The maximum Gasteiger partial charge on any atom is 0.261 e. The molecule has 4 aromatic rings. The third-order valence-electron chi connectivity index (χ3n) is 12.6. The van der Waals surface area contributed by atoms with Gasteiger partial charge >= 0.3 is 0 Å². The summed E-state index contributed by atoms with van der Waals surface area (Å²) in [5.41, 5.74) is 4.96. The first-order chi connectivity index (χ1) is 29.3. The van der Waals surface area contributed by atoms with E-state index < -0.39 is 23.6 Å². The van der Waals surface area contributed by atoms with Crippen molar-refractivity contribution in [3.05, 3.63) is 93.0 Å². The van der Waals surface area contributed by atoms with E-state index in [1.165, 1.54) is 0 Å². The zero-order valence-corrected chi connectivity index (χ0v) is 39.7. The Kier molecular flexibility index (Phi) is 13.2. The molecule has 0 saturated heterocycles. The van der Waals surface area contributed by atoms with Crippen LogP contribution in [0.25, 0.3) is 21.5 Å². The molecular weight excluding hydrogens is 789 g/mol. The number of nitrogens with zero attached hydrogens (tertiary/aromatic N) is 2. The summed E-state index contributed by atoms with van der Waals surface area (Å²) >= 11 is 0. The first kappa shape index (κ1) is 47.1. The molecule has 2 N–H and O–H groups in total. The first-order valence-electron chi connectivity index (χ1n) is 22.8. The molecule has 0 aromatic heterocycles. The highest BCUT2D eigenvalue weighted by atomic mass is 16.2. The molecule has 2 heterocycles. The van der Waals surface area contributed by atoms with E-state index >= 15 is 0 Å². The van der Waals surface area contributed by atoms with Crippen LogP contribution in [0.4, 0.5) is 0 Å². The Morgan fingerprint density at radius 2 is 0.635 bits per heavy atom.